The van der Waals surface area contributed by atoms with Crippen LogP contribution in [0.2, 0.25) is 0 Å². The molecule has 1 amide bonds. The van der Waals surface area contributed by atoms with Crippen molar-refractivity contribution in [3.05, 3.63) is 53.6 Å². The van der Waals surface area contributed by atoms with Crippen LogP contribution in [0.4, 0.5) is 0 Å². The molecule has 0 spiro atoms. The minimum Gasteiger partial charge on any atom is -0.508 e. The van der Waals surface area contributed by atoms with Crippen LogP contribution in [0.25, 0.3) is 0 Å². The number of aromatic hydroxyl groups is 2. The summed E-state index contributed by atoms with van der Waals surface area (Å²) in [6.45, 7) is 4.99. The van der Waals surface area contributed by atoms with Gasteiger partial charge in [0.15, 0.2) is 11.5 Å². The lowest BCUT2D eigenvalue weighted by atomic mass is 9.83. The molecule has 0 aromatic heterocycles. The van der Waals surface area contributed by atoms with Crippen molar-refractivity contribution in [3.63, 3.8) is 0 Å². The Morgan fingerprint density at radius 2 is 1.79 bits per heavy atom. The number of phenolic OH excluding ortho intramolecular Hbond substituents is 2. The van der Waals surface area contributed by atoms with Crippen LogP contribution in [0.1, 0.15) is 43.5 Å². The number of ether oxygens (including phenoxy) is 1. The molecule has 4 rings (SSSR count). The van der Waals surface area contributed by atoms with Gasteiger partial charge in [-0.05, 0) is 37.1 Å². The number of amides is 1. The number of benzene rings is 2. The lowest BCUT2D eigenvalue weighted by molar-refractivity contribution is -0.130. The zero-order valence-corrected chi connectivity index (χ0v) is 16.6. The Balaban J connectivity index is 1.79. The fourth-order valence-corrected chi connectivity index (χ4v) is 4.59. The molecule has 7 heteroatoms. The Kier molecular flexibility index (Phi) is 5.34. The normalized spacial score (nSPS) is 26.0. The molecule has 4 N–H and O–H groups in total. The van der Waals surface area contributed by atoms with Gasteiger partial charge in [0.1, 0.15) is 11.8 Å². The molecule has 2 aromatic carbocycles. The second-order valence-corrected chi connectivity index (χ2v) is 7.52. The zero-order valence-electron chi connectivity index (χ0n) is 16.6. The van der Waals surface area contributed by atoms with E-state index in [1.54, 1.807) is 18.2 Å². The summed E-state index contributed by atoms with van der Waals surface area (Å²) in [4.78, 5) is 15.1. The molecular weight excluding hydrogens is 370 g/mol. The lowest BCUT2D eigenvalue weighted by Crippen LogP contribution is -2.41. The van der Waals surface area contributed by atoms with Gasteiger partial charge in [-0.15, -0.1) is 0 Å². The van der Waals surface area contributed by atoms with Gasteiger partial charge in [0, 0.05) is 18.0 Å². The molecule has 4 unspecified atom stereocenters. The number of hydrogen-bond acceptors (Lipinski definition) is 6. The van der Waals surface area contributed by atoms with Crippen molar-refractivity contribution >= 4 is 5.91 Å². The maximum absolute atomic E-state index is 13.2. The molecule has 2 heterocycles. The van der Waals surface area contributed by atoms with Crippen molar-refractivity contribution in [2.45, 2.75) is 38.4 Å². The van der Waals surface area contributed by atoms with E-state index in [9.17, 15) is 15.0 Å². The minimum absolute atomic E-state index is 0.0401. The second-order valence-electron chi connectivity index (χ2n) is 7.52. The molecule has 2 fully saturated rings. The van der Waals surface area contributed by atoms with Crippen molar-refractivity contribution in [2.24, 2.45) is 5.92 Å². The molecule has 2 aliphatic heterocycles. The number of hydrazine groups is 1. The van der Waals surface area contributed by atoms with Gasteiger partial charge >= 0.3 is 0 Å². The SMILES string of the molecule is CCCN1C(=O)C2NNC(c3ccccc3O)C2C1c1ccc(O)c(OCC)c1. The Labute approximate surface area is 170 Å². The van der Waals surface area contributed by atoms with E-state index in [-0.39, 0.29) is 41.4 Å². The van der Waals surface area contributed by atoms with Crippen LogP contribution in [0, 0.1) is 5.92 Å². The topological polar surface area (TPSA) is 94.1 Å². The molecule has 7 nitrogen and oxygen atoms in total. The summed E-state index contributed by atoms with van der Waals surface area (Å²) in [5, 5.41) is 20.5. The molecule has 2 saturated heterocycles. The number of fused-ring (bicyclic) bond motifs is 1. The summed E-state index contributed by atoms with van der Waals surface area (Å²) in [6, 6.07) is 11.7. The summed E-state index contributed by atoms with van der Waals surface area (Å²) in [5.41, 5.74) is 8.04. The van der Waals surface area contributed by atoms with E-state index in [0.717, 1.165) is 17.5 Å². The van der Waals surface area contributed by atoms with Crippen molar-refractivity contribution in [1.82, 2.24) is 15.8 Å². The second kappa shape index (κ2) is 7.93. The molecule has 0 aliphatic carbocycles. The Bertz CT molecular complexity index is 903. The molecule has 0 bridgehead atoms. The molecule has 29 heavy (non-hydrogen) atoms. The number of hydrogen-bond donors (Lipinski definition) is 4. The average molecular weight is 397 g/mol. The molecule has 4 atom stereocenters. The Morgan fingerprint density at radius 3 is 2.52 bits per heavy atom. The fourth-order valence-electron chi connectivity index (χ4n) is 4.59. The highest BCUT2D eigenvalue weighted by molar-refractivity contribution is 5.86. The molecular formula is C22H27N3O4. The highest BCUT2D eigenvalue weighted by Gasteiger charge is 2.55. The number of carbonyl (C=O) groups is 1. The van der Waals surface area contributed by atoms with Gasteiger partial charge in [0.05, 0.1) is 18.7 Å². The first-order valence-electron chi connectivity index (χ1n) is 10.1. The van der Waals surface area contributed by atoms with E-state index in [1.165, 1.54) is 0 Å². The van der Waals surface area contributed by atoms with Crippen LogP contribution in [0.15, 0.2) is 42.5 Å². The van der Waals surface area contributed by atoms with E-state index in [2.05, 4.69) is 10.9 Å². The summed E-state index contributed by atoms with van der Waals surface area (Å²) >= 11 is 0. The van der Waals surface area contributed by atoms with Crippen molar-refractivity contribution < 1.29 is 19.7 Å². The van der Waals surface area contributed by atoms with Gasteiger partial charge < -0.3 is 19.8 Å². The van der Waals surface area contributed by atoms with E-state index >= 15 is 0 Å². The van der Waals surface area contributed by atoms with Crippen molar-refractivity contribution in [1.29, 1.82) is 0 Å². The van der Waals surface area contributed by atoms with Crippen LogP contribution in [0.5, 0.6) is 17.2 Å². The van der Waals surface area contributed by atoms with Crippen LogP contribution in [-0.2, 0) is 4.79 Å². The zero-order chi connectivity index (χ0) is 20.5. The smallest absolute Gasteiger partial charge is 0.242 e. The van der Waals surface area contributed by atoms with Crippen LogP contribution in [-0.4, -0.2) is 40.2 Å². The third kappa shape index (κ3) is 3.30. The van der Waals surface area contributed by atoms with Gasteiger partial charge in [-0.1, -0.05) is 31.2 Å². The van der Waals surface area contributed by atoms with Gasteiger partial charge in [-0.25, -0.2) is 10.9 Å². The van der Waals surface area contributed by atoms with Gasteiger partial charge in [0.25, 0.3) is 0 Å². The van der Waals surface area contributed by atoms with Gasteiger partial charge in [-0.2, -0.15) is 0 Å². The molecule has 154 valence electrons. The molecule has 0 saturated carbocycles. The number of phenols is 2. The molecule has 2 aromatic rings. The maximum atomic E-state index is 13.2. The van der Waals surface area contributed by atoms with E-state index in [0.29, 0.717) is 18.9 Å². The number of nitrogens with zero attached hydrogens (tertiary/aromatic N) is 1. The largest absolute Gasteiger partial charge is 0.508 e. The standard InChI is InChI=1S/C22H27N3O4/c1-3-11-25-21(13-9-10-16(27)17(12-13)29-4-2)18-19(23-24-20(18)22(25)28)14-7-5-6-8-15(14)26/h5-10,12,18-21,23-24,26-27H,3-4,11H2,1-2H3. The average Bonchev–Trinajstić information content (AvgIpc) is 3.24. The van der Waals surface area contributed by atoms with Crippen LogP contribution in [0.3, 0.4) is 0 Å². The third-order valence-electron chi connectivity index (χ3n) is 5.78. The van der Waals surface area contributed by atoms with E-state index in [4.69, 9.17) is 4.74 Å². The number of rotatable bonds is 6. The summed E-state index contributed by atoms with van der Waals surface area (Å²) in [6.07, 6.45) is 0.840. The lowest BCUT2D eigenvalue weighted by Gasteiger charge is -2.31. The number of likely N-dealkylation sites (tertiary alicyclic amines) is 1. The maximum Gasteiger partial charge on any atom is 0.242 e. The first kappa shape index (κ1) is 19.5. The summed E-state index contributed by atoms with van der Waals surface area (Å²) in [5.74, 6) is 0.613. The monoisotopic (exact) mass is 397 g/mol. The first-order chi connectivity index (χ1) is 14.1. The Morgan fingerprint density at radius 1 is 1.03 bits per heavy atom. The van der Waals surface area contributed by atoms with E-state index in [1.807, 2.05) is 43.0 Å². The highest BCUT2D eigenvalue weighted by atomic mass is 16.5. The summed E-state index contributed by atoms with van der Waals surface area (Å²) < 4.78 is 5.58. The van der Waals surface area contributed by atoms with Gasteiger partial charge in [0.2, 0.25) is 5.91 Å². The summed E-state index contributed by atoms with van der Waals surface area (Å²) in [7, 11) is 0. The van der Waals surface area contributed by atoms with Crippen molar-refractivity contribution in [2.75, 3.05) is 13.2 Å². The highest BCUT2D eigenvalue weighted by Crippen LogP contribution is 2.49. The quantitative estimate of drug-likeness (QED) is 0.599. The third-order valence-corrected chi connectivity index (χ3v) is 5.78. The number of carbonyl (C=O) groups excluding carboxylic acids is 1. The first-order valence-corrected chi connectivity index (χ1v) is 10.1. The van der Waals surface area contributed by atoms with Crippen LogP contribution < -0.4 is 15.6 Å². The predicted octanol–water partition coefficient (Wildman–Crippen LogP) is 2.62. The van der Waals surface area contributed by atoms with Crippen molar-refractivity contribution in [3.8, 4) is 17.2 Å². The van der Waals surface area contributed by atoms with Gasteiger partial charge in [-0.3, -0.25) is 4.79 Å². The number of para-hydroxylation sites is 1. The van der Waals surface area contributed by atoms with E-state index < -0.39 is 0 Å². The minimum atomic E-state index is -0.388. The number of nitrogens with one attached hydrogen (secondary N) is 2. The molecule has 0 radical (unpaired) electrons. The predicted molar refractivity (Wildman–Crippen MR) is 108 cm³/mol. The fraction of sp³-hybridized carbons (Fsp3) is 0.409. The van der Waals surface area contributed by atoms with Crippen LogP contribution >= 0.6 is 0 Å². The molecule has 2 aliphatic rings. The Hall–Kier alpha value is -2.77.